The van der Waals surface area contributed by atoms with Gasteiger partial charge in [0.1, 0.15) is 18.5 Å². The van der Waals surface area contributed by atoms with Crippen LogP contribution in [-0.4, -0.2) is 80.1 Å². The average Bonchev–Trinajstić information content (AvgIpc) is 3.11. The van der Waals surface area contributed by atoms with Gasteiger partial charge in [-0.25, -0.2) is 9.80 Å². The number of aromatic nitrogens is 4. The number of likely N-dealkylation sites (N-methyl/N-ethyl adjacent to an activating group) is 1. The van der Waals surface area contributed by atoms with Crippen LogP contribution >= 0.6 is 0 Å². The number of aryl methyl sites for hydroxylation is 2. The Bertz CT molecular complexity index is 1210. The first-order valence-corrected chi connectivity index (χ1v) is 10.6. The van der Waals surface area contributed by atoms with Gasteiger partial charge < -0.3 is 19.3 Å². The molecule has 0 unspecified atom stereocenters. The molecule has 11 heteroatoms. The Balaban J connectivity index is 1.61. The molecule has 0 radical (unpaired) electrons. The van der Waals surface area contributed by atoms with E-state index in [2.05, 4.69) is 27.3 Å². The zero-order valence-electron chi connectivity index (χ0n) is 18.5. The standard InChI is InChI=1S/C21H29N7O4/c1-14-5-4-6-16(11-14)32-13-15(29)12-28-17-18(26(3)21(31)23-19(17)30)22-20(28)24-27-9-7-25(2)8-10-27/h4-6,11,15,29H,7-10,12-13H2,1-3H3,(H,22,24)(H,23,30,31)/t15-/m1/s1. The number of hydrazine groups is 1. The van der Waals surface area contributed by atoms with Crippen molar-refractivity contribution in [3.05, 3.63) is 50.7 Å². The lowest BCUT2D eigenvalue weighted by atomic mass is 10.2. The fourth-order valence-electron chi connectivity index (χ4n) is 3.72. The highest BCUT2D eigenvalue weighted by atomic mass is 16.5. The summed E-state index contributed by atoms with van der Waals surface area (Å²) in [5, 5.41) is 12.7. The van der Waals surface area contributed by atoms with Crippen molar-refractivity contribution in [3.63, 3.8) is 0 Å². The molecule has 1 aromatic carbocycles. The maximum Gasteiger partial charge on any atom is 0.329 e. The first-order chi connectivity index (χ1) is 15.3. The van der Waals surface area contributed by atoms with Crippen LogP contribution in [0, 0.1) is 6.92 Å². The molecule has 0 aliphatic carbocycles. The van der Waals surface area contributed by atoms with Gasteiger partial charge in [0.2, 0.25) is 5.95 Å². The average molecular weight is 444 g/mol. The van der Waals surface area contributed by atoms with Gasteiger partial charge in [0, 0.05) is 33.2 Å². The molecular weight excluding hydrogens is 414 g/mol. The van der Waals surface area contributed by atoms with Crippen LogP contribution in [0.3, 0.4) is 0 Å². The smallest absolute Gasteiger partial charge is 0.329 e. The van der Waals surface area contributed by atoms with Crippen molar-refractivity contribution in [2.45, 2.75) is 19.6 Å². The van der Waals surface area contributed by atoms with Crippen LogP contribution in [0.4, 0.5) is 5.95 Å². The summed E-state index contributed by atoms with van der Waals surface area (Å²) >= 11 is 0. The summed E-state index contributed by atoms with van der Waals surface area (Å²) < 4.78 is 8.62. The number of nitrogens with one attached hydrogen (secondary N) is 2. The van der Waals surface area contributed by atoms with Crippen LogP contribution in [0.1, 0.15) is 5.56 Å². The van der Waals surface area contributed by atoms with Crippen molar-refractivity contribution < 1.29 is 9.84 Å². The molecule has 0 spiro atoms. The minimum atomic E-state index is -0.905. The molecule has 32 heavy (non-hydrogen) atoms. The number of rotatable bonds is 7. The molecule has 3 N–H and O–H groups in total. The molecule has 3 heterocycles. The van der Waals surface area contributed by atoms with Crippen molar-refractivity contribution in [3.8, 4) is 5.75 Å². The Labute approximate surface area is 184 Å². The molecule has 11 nitrogen and oxygen atoms in total. The molecule has 1 atom stereocenters. The topological polar surface area (TPSA) is 121 Å². The summed E-state index contributed by atoms with van der Waals surface area (Å²) in [6.45, 7) is 5.40. The monoisotopic (exact) mass is 443 g/mol. The van der Waals surface area contributed by atoms with E-state index in [9.17, 15) is 14.7 Å². The molecule has 172 valence electrons. The van der Waals surface area contributed by atoms with Crippen molar-refractivity contribution in [2.75, 3.05) is 45.3 Å². The number of imidazole rings is 1. The number of anilines is 1. The van der Waals surface area contributed by atoms with E-state index in [1.165, 1.54) is 4.57 Å². The minimum Gasteiger partial charge on any atom is -0.491 e. The highest BCUT2D eigenvalue weighted by Crippen LogP contribution is 2.18. The number of aliphatic hydroxyl groups excluding tert-OH is 1. The Morgan fingerprint density at radius 3 is 2.69 bits per heavy atom. The SMILES string of the molecule is Cc1cccc(OC[C@H](O)Cn2c(NN3CCN(C)CC3)nc3c2c(=O)[nH]c(=O)n3C)c1. The van der Waals surface area contributed by atoms with Crippen LogP contribution < -0.4 is 21.4 Å². The molecule has 3 aromatic rings. The number of aromatic amines is 1. The maximum atomic E-state index is 12.6. The van der Waals surface area contributed by atoms with Crippen LogP contribution in [0.15, 0.2) is 33.9 Å². The number of hydrogen-bond donors (Lipinski definition) is 3. The Hall–Kier alpha value is -3.15. The van der Waals surface area contributed by atoms with Gasteiger partial charge in [0.15, 0.2) is 11.2 Å². The van der Waals surface area contributed by atoms with Crippen molar-refractivity contribution in [1.29, 1.82) is 0 Å². The maximum absolute atomic E-state index is 12.6. The largest absolute Gasteiger partial charge is 0.491 e. The zero-order valence-corrected chi connectivity index (χ0v) is 18.5. The molecule has 0 saturated carbocycles. The molecule has 0 amide bonds. The van der Waals surface area contributed by atoms with Gasteiger partial charge in [-0.2, -0.15) is 4.98 Å². The summed E-state index contributed by atoms with van der Waals surface area (Å²) in [7, 11) is 3.61. The van der Waals surface area contributed by atoms with Crippen LogP contribution in [0.5, 0.6) is 5.75 Å². The molecular formula is C21H29N7O4. The highest BCUT2D eigenvalue weighted by Gasteiger charge is 2.22. The lowest BCUT2D eigenvalue weighted by Gasteiger charge is -2.32. The minimum absolute atomic E-state index is 0.0424. The van der Waals surface area contributed by atoms with Crippen LogP contribution in [0.25, 0.3) is 11.2 Å². The van der Waals surface area contributed by atoms with Gasteiger partial charge in [-0.15, -0.1) is 0 Å². The lowest BCUT2D eigenvalue weighted by molar-refractivity contribution is 0.0933. The van der Waals surface area contributed by atoms with Gasteiger partial charge in [0.05, 0.1) is 6.54 Å². The number of H-pyrrole nitrogens is 1. The third-order valence-corrected chi connectivity index (χ3v) is 5.59. The van der Waals surface area contributed by atoms with Crippen molar-refractivity contribution in [1.82, 2.24) is 29.0 Å². The third-order valence-electron chi connectivity index (χ3n) is 5.59. The molecule has 1 fully saturated rings. The molecule has 4 rings (SSSR count). The van der Waals surface area contributed by atoms with Crippen LogP contribution in [0.2, 0.25) is 0 Å². The van der Waals surface area contributed by atoms with E-state index in [4.69, 9.17) is 4.74 Å². The number of benzene rings is 1. The Morgan fingerprint density at radius 2 is 1.97 bits per heavy atom. The third kappa shape index (κ3) is 4.69. The van der Waals surface area contributed by atoms with E-state index >= 15 is 0 Å². The van der Waals surface area contributed by atoms with Crippen LogP contribution in [-0.2, 0) is 13.6 Å². The number of hydrogen-bond acceptors (Lipinski definition) is 8. The summed E-state index contributed by atoms with van der Waals surface area (Å²) in [6, 6.07) is 7.57. The van der Waals surface area contributed by atoms with E-state index in [1.54, 1.807) is 11.6 Å². The second-order valence-corrected chi connectivity index (χ2v) is 8.22. The van der Waals surface area contributed by atoms with Gasteiger partial charge in [-0.3, -0.25) is 19.8 Å². The zero-order chi connectivity index (χ0) is 22.8. The predicted molar refractivity (Wildman–Crippen MR) is 121 cm³/mol. The Morgan fingerprint density at radius 1 is 1.22 bits per heavy atom. The van der Waals surface area contributed by atoms with Crippen molar-refractivity contribution >= 4 is 17.1 Å². The fourth-order valence-corrected chi connectivity index (χ4v) is 3.72. The molecule has 0 bridgehead atoms. The normalized spacial score (nSPS) is 16.4. The first-order valence-electron chi connectivity index (χ1n) is 10.6. The van der Waals surface area contributed by atoms with E-state index < -0.39 is 17.4 Å². The van der Waals surface area contributed by atoms with Gasteiger partial charge in [0.25, 0.3) is 5.56 Å². The summed E-state index contributed by atoms with van der Waals surface area (Å²) in [4.78, 5) is 33.7. The predicted octanol–water partition coefficient (Wildman–Crippen LogP) is -0.254. The van der Waals surface area contributed by atoms with Gasteiger partial charge in [-0.05, 0) is 31.7 Å². The number of ether oxygens (including phenoxy) is 1. The number of fused-ring (bicyclic) bond motifs is 1. The molecule has 1 aliphatic heterocycles. The number of aliphatic hydroxyl groups is 1. The van der Waals surface area contributed by atoms with E-state index in [0.717, 1.165) is 31.7 Å². The summed E-state index contributed by atoms with van der Waals surface area (Å²) in [5.74, 6) is 1.06. The summed E-state index contributed by atoms with van der Waals surface area (Å²) in [6.07, 6.45) is -0.905. The van der Waals surface area contributed by atoms with E-state index in [-0.39, 0.29) is 24.3 Å². The number of nitrogens with zero attached hydrogens (tertiary/aromatic N) is 5. The second kappa shape index (κ2) is 9.15. The summed E-state index contributed by atoms with van der Waals surface area (Å²) in [5.41, 5.74) is 3.70. The molecule has 2 aromatic heterocycles. The fraction of sp³-hybridized carbons (Fsp3) is 0.476. The highest BCUT2D eigenvalue weighted by molar-refractivity contribution is 5.74. The quantitative estimate of drug-likeness (QED) is 0.457. The lowest BCUT2D eigenvalue weighted by Crippen LogP contribution is -2.47. The molecule has 1 aliphatic rings. The molecule has 1 saturated heterocycles. The Kier molecular flexibility index (Phi) is 6.31. The van der Waals surface area contributed by atoms with Gasteiger partial charge in [-0.1, -0.05) is 12.1 Å². The van der Waals surface area contributed by atoms with Gasteiger partial charge >= 0.3 is 5.69 Å². The van der Waals surface area contributed by atoms with Crippen molar-refractivity contribution in [2.24, 2.45) is 7.05 Å². The van der Waals surface area contributed by atoms with E-state index in [0.29, 0.717) is 11.7 Å². The van der Waals surface area contributed by atoms with E-state index in [1.807, 2.05) is 36.2 Å². The number of piperazine rings is 1. The second-order valence-electron chi connectivity index (χ2n) is 8.22. The first kappa shape index (κ1) is 22.1.